The Morgan fingerprint density at radius 1 is 1.33 bits per heavy atom. The molecule has 2 heterocycles. The van der Waals surface area contributed by atoms with E-state index in [0.29, 0.717) is 6.42 Å². The number of imide groups is 1. The monoisotopic (exact) mass is 290 g/mol. The van der Waals surface area contributed by atoms with Gasteiger partial charge < -0.3 is 10.6 Å². The van der Waals surface area contributed by atoms with E-state index in [1.54, 1.807) is 13.1 Å². The predicted molar refractivity (Wildman–Crippen MR) is 80.8 cm³/mol. The summed E-state index contributed by atoms with van der Waals surface area (Å²) >= 11 is 0. The van der Waals surface area contributed by atoms with Crippen molar-refractivity contribution in [3.05, 3.63) is 23.9 Å². The van der Waals surface area contributed by atoms with Gasteiger partial charge in [-0.25, -0.2) is 9.78 Å². The molecule has 0 spiro atoms. The predicted octanol–water partition coefficient (Wildman–Crippen LogP) is 2.12. The Morgan fingerprint density at radius 2 is 2.10 bits per heavy atom. The summed E-state index contributed by atoms with van der Waals surface area (Å²) < 4.78 is 0. The van der Waals surface area contributed by atoms with E-state index in [4.69, 9.17) is 0 Å². The SMILES string of the molecule is CCCNc1ccc(CN2C(=O)NC(C)(CC)C2=O)cn1. The highest BCUT2D eigenvalue weighted by molar-refractivity contribution is 6.06. The van der Waals surface area contributed by atoms with Crippen LogP contribution in [0.15, 0.2) is 18.3 Å². The third-order valence-electron chi connectivity index (χ3n) is 3.77. The molecule has 3 amide bonds. The Hall–Kier alpha value is -2.11. The van der Waals surface area contributed by atoms with Crippen molar-refractivity contribution >= 4 is 17.8 Å². The molecule has 2 N–H and O–H groups in total. The van der Waals surface area contributed by atoms with Gasteiger partial charge in [-0.2, -0.15) is 0 Å². The van der Waals surface area contributed by atoms with Gasteiger partial charge in [0.15, 0.2) is 0 Å². The highest BCUT2D eigenvalue weighted by Gasteiger charge is 2.46. The molecule has 1 aliphatic heterocycles. The first kappa shape index (κ1) is 15.3. The van der Waals surface area contributed by atoms with E-state index in [2.05, 4.69) is 22.5 Å². The van der Waals surface area contributed by atoms with Gasteiger partial charge >= 0.3 is 6.03 Å². The Balaban J connectivity index is 2.05. The van der Waals surface area contributed by atoms with Crippen LogP contribution >= 0.6 is 0 Å². The molecule has 0 radical (unpaired) electrons. The number of carbonyl (C=O) groups excluding carboxylic acids is 2. The lowest BCUT2D eigenvalue weighted by Gasteiger charge is -2.19. The number of anilines is 1. The van der Waals surface area contributed by atoms with Gasteiger partial charge in [0, 0.05) is 12.7 Å². The van der Waals surface area contributed by atoms with Crippen molar-refractivity contribution in [3.63, 3.8) is 0 Å². The Kier molecular flexibility index (Phi) is 4.45. The van der Waals surface area contributed by atoms with E-state index in [1.165, 1.54) is 4.90 Å². The van der Waals surface area contributed by atoms with E-state index in [-0.39, 0.29) is 18.5 Å². The maximum atomic E-state index is 12.3. The zero-order valence-electron chi connectivity index (χ0n) is 12.8. The third kappa shape index (κ3) is 3.15. The molecular formula is C15H22N4O2. The molecule has 6 nitrogen and oxygen atoms in total. The lowest BCUT2D eigenvalue weighted by molar-refractivity contribution is -0.131. The van der Waals surface area contributed by atoms with E-state index in [1.807, 2.05) is 19.1 Å². The number of aromatic nitrogens is 1. The number of rotatable bonds is 6. The molecule has 1 atom stereocenters. The van der Waals surface area contributed by atoms with Gasteiger partial charge in [0.1, 0.15) is 11.4 Å². The Morgan fingerprint density at radius 3 is 2.62 bits per heavy atom. The number of pyridine rings is 1. The molecular weight excluding hydrogens is 268 g/mol. The normalized spacial score (nSPS) is 21.6. The lowest BCUT2D eigenvalue weighted by atomic mass is 9.99. The molecule has 0 aliphatic carbocycles. The molecule has 114 valence electrons. The van der Waals surface area contributed by atoms with Crippen LogP contribution in [-0.4, -0.2) is 33.9 Å². The molecule has 0 aromatic carbocycles. The van der Waals surface area contributed by atoms with Gasteiger partial charge in [-0.05, 0) is 31.4 Å². The number of hydrogen-bond acceptors (Lipinski definition) is 4. The van der Waals surface area contributed by atoms with Crippen LogP contribution in [0.2, 0.25) is 0 Å². The molecule has 6 heteroatoms. The fraction of sp³-hybridized carbons (Fsp3) is 0.533. The van der Waals surface area contributed by atoms with E-state index < -0.39 is 5.54 Å². The summed E-state index contributed by atoms with van der Waals surface area (Å²) in [5.74, 6) is 0.624. The van der Waals surface area contributed by atoms with Crippen molar-refractivity contribution in [2.75, 3.05) is 11.9 Å². The van der Waals surface area contributed by atoms with Crippen LogP contribution < -0.4 is 10.6 Å². The van der Waals surface area contributed by atoms with Gasteiger partial charge in [0.25, 0.3) is 5.91 Å². The van der Waals surface area contributed by atoms with E-state index in [9.17, 15) is 9.59 Å². The van der Waals surface area contributed by atoms with Gasteiger partial charge in [-0.1, -0.05) is 19.9 Å². The standard InChI is InChI=1S/C15H22N4O2/c1-4-8-16-12-7-6-11(9-17-12)10-19-13(20)15(3,5-2)18-14(19)21/h6-7,9H,4-5,8,10H2,1-3H3,(H,16,17)(H,18,21). The summed E-state index contributed by atoms with van der Waals surface area (Å²) in [5, 5.41) is 5.93. The fourth-order valence-electron chi connectivity index (χ4n) is 2.19. The maximum Gasteiger partial charge on any atom is 0.325 e. The summed E-state index contributed by atoms with van der Waals surface area (Å²) in [6.07, 6.45) is 3.30. The summed E-state index contributed by atoms with van der Waals surface area (Å²) in [7, 11) is 0. The number of nitrogens with zero attached hydrogens (tertiary/aromatic N) is 2. The van der Waals surface area contributed by atoms with Crippen molar-refractivity contribution in [1.29, 1.82) is 0 Å². The van der Waals surface area contributed by atoms with Crippen LogP contribution in [0.5, 0.6) is 0 Å². The lowest BCUT2D eigenvalue weighted by Crippen LogP contribution is -2.43. The quantitative estimate of drug-likeness (QED) is 0.787. The summed E-state index contributed by atoms with van der Waals surface area (Å²) in [4.78, 5) is 29.8. The number of carbonyl (C=O) groups is 2. The number of hydrogen-bond donors (Lipinski definition) is 2. The average Bonchev–Trinajstić information content (AvgIpc) is 2.70. The first-order valence-corrected chi connectivity index (χ1v) is 7.33. The number of urea groups is 1. The minimum absolute atomic E-state index is 0.178. The molecule has 21 heavy (non-hydrogen) atoms. The van der Waals surface area contributed by atoms with Crippen LogP contribution in [0, 0.1) is 0 Å². The summed E-state index contributed by atoms with van der Waals surface area (Å²) in [6, 6.07) is 3.41. The average molecular weight is 290 g/mol. The van der Waals surface area contributed by atoms with Crippen LogP contribution in [0.4, 0.5) is 10.6 Å². The van der Waals surface area contributed by atoms with Crippen molar-refractivity contribution in [2.24, 2.45) is 0 Å². The van der Waals surface area contributed by atoms with Crippen molar-refractivity contribution in [1.82, 2.24) is 15.2 Å². The van der Waals surface area contributed by atoms with Crippen LogP contribution in [0.1, 0.15) is 39.2 Å². The van der Waals surface area contributed by atoms with Gasteiger partial charge in [-0.15, -0.1) is 0 Å². The van der Waals surface area contributed by atoms with Crippen LogP contribution in [-0.2, 0) is 11.3 Å². The first-order valence-electron chi connectivity index (χ1n) is 7.33. The third-order valence-corrected chi connectivity index (χ3v) is 3.77. The van der Waals surface area contributed by atoms with E-state index in [0.717, 1.165) is 24.3 Å². The second-order valence-electron chi connectivity index (χ2n) is 5.49. The molecule has 1 aliphatic rings. The summed E-state index contributed by atoms with van der Waals surface area (Å²) in [5.41, 5.74) is 0.0496. The highest BCUT2D eigenvalue weighted by Crippen LogP contribution is 2.22. The second-order valence-corrected chi connectivity index (χ2v) is 5.49. The smallest absolute Gasteiger partial charge is 0.325 e. The van der Waals surface area contributed by atoms with Crippen molar-refractivity contribution in [2.45, 2.75) is 45.7 Å². The molecule has 1 saturated heterocycles. The van der Waals surface area contributed by atoms with Gasteiger partial charge in [-0.3, -0.25) is 9.69 Å². The Bertz CT molecular complexity index is 529. The molecule has 0 saturated carbocycles. The molecule has 2 rings (SSSR count). The minimum Gasteiger partial charge on any atom is -0.370 e. The van der Waals surface area contributed by atoms with Gasteiger partial charge in [0.05, 0.1) is 6.54 Å². The van der Waals surface area contributed by atoms with Crippen LogP contribution in [0.3, 0.4) is 0 Å². The zero-order valence-corrected chi connectivity index (χ0v) is 12.8. The second kappa shape index (κ2) is 6.11. The fourth-order valence-corrected chi connectivity index (χ4v) is 2.19. The molecule has 1 aromatic rings. The van der Waals surface area contributed by atoms with Crippen molar-refractivity contribution in [3.8, 4) is 0 Å². The Labute approximate surface area is 124 Å². The molecule has 0 bridgehead atoms. The molecule has 1 fully saturated rings. The minimum atomic E-state index is -0.785. The largest absolute Gasteiger partial charge is 0.370 e. The number of nitrogens with one attached hydrogen (secondary N) is 2. The van der Waals surface area contributed by atoms with Crippen molar-refractivity contribution < 1.29 is 9.59 Å². The van der Waals surface area contributed by atoms with Gasteiger partial charge in [0.2, 0.25) is 0 Å². The molecule has 1 unspecified atom stereocenters. The molecule has 1 aromatic heterocycles. The van der Waals surface area contributed by atoms with Crippen LogP contribution in [0.25, 0.3) is 0 Å². The maximum absolute atomic E-state index is 12.3. The number of amides is 3. The van der Waals surface area contributed by atoms with E-state index >= 15 is 0 Å². The highest BCUT2D eigenvalue weighted by atomic mass is 16.2. The summed E-state index contributed by atoms with van der Waals surface area (Å²) in [6.45, 7) is 6.85. The zero-order chi connectivity index (χ0) is 15.5. The first-order chi connectivity index (χ1) is 10.00. The topological polar surface area (TPSA) is 74.3 Å².